The maximum Gasteiger partial charge on any atom is 0.128 e. The molecule has 0 aliphatic heterocycles. The molecule has 0 spiro atoms. The second-order valence-corrected chi connectivity index (χ2v) is 7.62. The first kappa shape index (κ1) is 18.5. The summed E-state index contributed by atoms with van der Waals surface area (Å²) < 4.78 is 5.56. The molecule has 0 heterocycles. The lowest BCUT2D eigenvalue weighted by atomic mass is 9.69. The molecule has 0 radical (unpaired) electrons. The van der Waals surface area contributed by atoms with Gasteiger partial charge in [-0.2, -0.15) is 5.26 Å². The standard InChI is InChI=1S/C23H28N2O/c1-17-9-10-22(26-3)21(15-17)18(2)25-20-11-13-23(16-24,14-12-20)19-7-5-4-6-8-19/h4-10,15,18,20,25H,11-14H2,1-3H3/p+1/t18-,20?,23?/m0/s1. The van der Waals surface area contributed by atoms with Crippen LogP contribution in [0, 0.1) is 18.3 Å². The molecular weight excluding hydrogens is 320 g/mol. The zero-order chi connectivity index (χ0) is 18.6. The van der Waals surface area contributed by atoms with Gasteiger partial charge in [0, 0.05) is 12.8 Å². The van der Waals surface area contributed by atoms with Gasteiger partial charge in [0.25, 0.3) is 0 Å². The van der Waals surface area contributed by atoms with Gasteiger partial charge in [-0.05, 0) is 44.4 Å². The van der Waals surface area contributed by atoms with Crippen molar-refractivity contribution in [3.63, 3.8) is 0 Å². The van der Waals surface area contributed by atoms with Crippen LogP contribution in [0.2, 0.25) is 0 Å². The Hall–Kier alpha value is -2.31. The van der Waals surface area contributed by atoms with Crippen LogP contribution in [0.3, 0.4) is 0 Å². The lowest BCUT2D eigenvalue weighted by Gasteiger charge is -2.35. The summed E-state index contributed by atoms with van der Waals surface area (Å²) in [6, 6.07) is 20.2. The summed E-state index contributed by atoms with van der Waals surface area (Å²) in [6.45, 7) is 4.37. The van der Waals surface area contributed by atoms with Gasteiger partial charge in [0.1, 0.15) is 11.8 Å². The number of nitrogens with two attached hydrogens (primary N) is 1. The van der Waals surface area contributed by atoms with Gasteiger partial charge >= 0.3 is 0 Å². The fourth-order valence-corrected chi connectivity index (χ4v) is 4.27. The van der Waals surface area contributed by atoms with E-state index in [1.807, 2.05) is 18.2 Å². The van der Waals surface area contributed by atoms with Crippen molar-refractivity contribution in [3.05, 3.63) is 65.2 Å². The molecule has 1 atom stereocenters. The summed E-state index contributed by atoms with van der Waals surface area (Å²) in [5.41, 5.74) is 3.38. The van der Waals surface area contributed by atoms with Gasteiger partial charge in [-0.1, -0.05) is 42.0 Å². The normalized spacial score (nSPS) is 23.8. The van der Waals surface area contributed by atoms with Crippen molar-refractivity contribution in [2.45, 2.75) is 57.0 Å². The highest BCUT2D eigenvalue weighted by atomic mass is 16.5. The second kappa shape index (κ2) is 7.93. The first-order chi connectivity index (χ1) is 12.6. The molecule has 2 aromatic rings. The summed E-state index contributed by atoms with van der Waals surface area (Å²) in [4.78, 5) is 0. The fourth-order valence-electron chi connectivity index (χ4n) is 4.27. The number of nitriles is 1. The minimum atomic E-state index is -0.310. The van der Waals surface area contributed by atoms with Crippen LogP contribution in [0.15, 0.2) is 48.5 Å². The topological polar surface area (TPSA) is 49.6 Å². The molecule has 0 saturated heterocycles. The molecule has 1 aliphatic rings. The Morgan fingerprint density at radius 1 is 1.15 bits per heavy atom. The smallest absolute Gasteiger partial charge is 0.128 e. The highest BCUT2D eigenvalue weighted by molar-refractivity contribution is 5.38. The van der Waals surface area contributed by atoms with E-state index in [-0.39, 0.29) is 5.41 Å². The zero-order valence-electron chi connectivity index (χ0n) is 16.0. The summed E-state index contributed by atoms with van der Waals surface area (Å²) in [6.07, 6.45) is 4.01. The summed E-state index contributed by atoms with van der Waals surface area (Å²) in [5.74, 6) is 0.964. The van der Waals surface area contributed by atoms with Crippen LogP contribution in [0.5, 0.6) is 5.75 Å². The molecule has 1 fully saturated rings. The molecule has 3 nitrogen and oxygen atoms in total. The molecule has 1 saturated carbocycles. The van der Waals surface area contributed by atoms with E-state index < -0.39 is 0 Å². The first-order valence-electron chi connectivity index (χ1n) is 9.54. The summed E-state index contributed by atoms with van der Waals surface area (Å²) >= 11 is 0. The van der Waals surface area contributed by atoms with Crippen molar-refractivity contribution >= 4 is 0 Å². The van der Waals surface area contributed by atoms with Crippen LogP contribution in [0.1, 0.15) is 55.3 Å². The Kier molecular flexibility index (Phi) is 5.64. The largest absolute Gasteiger partial charge is 0.496 e. The average molecular weight is 349 g/mol. The molecule has 2 N–H and O–H groups in total. The van der Waals surface area contributed by atoms with Crippen molar-refractivity contribution < 1.29 is 10.1 Å². The van der Waals surface area contributed by atoms with Crippen molar-refractivity contribution in [2.24, 2.45) is 0 Å². The quantitative estimate of drug-likeness (QED) is 0.886. The average Bonchev–Trinajstić information content (AvgIpc) is 2.69. The fraction of sp³-hybridized carbons (Fsp3) is 0.435. The number of rotatable bonds is 5. The van der Waals surface area contributed by atoms with E-state index in [1.165, 1.54) is 16.7 Å². The van der Waals surface area contributed by atoms with Gasteiger partial charge in [0.2, 0.25) is 0 Å². The Morgan fingerprint density at radius 2 is 1.85 bits per heavy atom. The Morgan fingerprint density at radius 3 is 2.46 bits per heavy atom. The van der Waals surface area contributed by atoms with Gasteiger partial charge in [0.15, 0.2) is 0 Å². The van der Waals surface area contributed by atoms with Crippen LogP contribution in [-0.2, 0) is 5.41 Å². The SMILES string of the molecule is COc1ccc(C)cc1[C@H](C)[NH2+]C1CCC(C#N)(c2ccccc2)CC1. The number of benzene rings is 2. The maximum absolute atomic E-state index is 9.86. The van der Waals surface area contributed by atoms with Crippen LogP contribution in [0.4, 0.5) is 0 Å². The molecule has 136 valence electrons. The number of hydrogen-bond donors (Lipinski definition) is 1. The third-order valence-electron chi connectivity index (χ3n) is 5.86. The minimum absolute atomic E-state index is 0.310. The van der Waals surface area contributed by atoms with Gasteiger partial charge in [-0.3, -0.25) is 0 Å². The van der Waals surface area contributed by atoms with Crippen molar-refractivity contribution in [1.29, 1.82) is 5.26 Å². The van der Waals surface area contributed by atoms with Gasteiger partial charge in [-0.25, -0.2) is 0 Å². The molecule has 0 unspecified atom stereocenters. The number of methoxy groups -OCH3 is 1. The Balaban J connectivity index is 1.67. The third-order valence-corrected chi connectivity index (χ3v) is 5.86. The van der Waals surface area contributed by atoms with E-state index in [9.17, 15) is 5.26 Å². The lowest BCUT2D eigenvalue weighted by molar-refractivity contribution is -0.727. The predicted molar refractivity (Wildman–Crippen MR) is 104 cm³/mol. The van der Waals surface area contributed by atoms with Gasteiger partial charge in [-0.15, -0.1) is 0 Å². The van der Waals surface area contributed by atoms with E-state index in [2.05, 4.69) is 55.6 Å². The van der Waals surface area contributed by atoms with Crippen LogP contribution in [-0.4, -0.2) is 13.2 Å². The number of ether oxygens (including phenoxy) is 1. The Labute approximate surface area is 157 Å². The van der Waals surface area contributed by atoms with Gasteiger partial charge < -0.3 is 10.1 Å². The molecule has 1 aliphatic carbocycles. The van der Waals surface area contributed by atoms with Crippen LogP contribution < -0.4 is 10.1 Å². The molecule has 3 rings (SSSR count). The van der Waals surface area contributed by atoms with E-state index in [1.54, 1.807) is 7.11 Å². The number of quaternary nitrogens is 1. The maximum atomic E-state index is 9.86. The second-order valence-electron chi connectivity index (χ2n) is 7.62. The van der Waals surface area contributed by atoms with Crippen LogP contribution in [0.25, 0.3) is 0 Å². The lowest BCUT2D eigenvalue weighted by Crippen LogP contribution is -2.90. The number of nitrogens with zero attached hydrogens (tertiary/aromatic N) is 1. The van der Waals surface area contributed by atoms with E-state index in [0.717, 1.165) is 31.4 Å². The third kappa shape index (κ3) is 3.76. The van der Waals surface area contributed by atoms with Crippen molar-refractivity contribution in [1.82, 2.24) is 0 Å². The van der Waals surface area contributed by atoms with Crippen LogP contribution >= 0.6 is 0 Å². The zero-order valence-corrected chi connectivity index (χ0v) is 16.0. The highest BCUT2D eigenvalue weighted by Gasteiger charge is 2.38. The number of hydrogen-bond acceptors (Lipinski definition) is 2. The molecule has 26 heavy (non-hydrogen) atoms. The van der Waals surface area contributed by atoms with E-state index in [4.69, 9.17) is 4.74 Å². The molecule has 3 heteroatoms. The monoisotopic (exact) mass is 349 g/mol. The predicted octanol–water partition coefficient (Wildman–Crippen LogP) is 4.03. The summed E-state index contributed by atoms with van der Waals surface area (Å²) in [7, 11) is 1.74. The van der Waals surface area contributed by atoms with Crippen molar-refractivity contribution in [3.8, 4) is 11.8 Å². The molecule has 2 aromatic carbocycles. The first-order valence-corrected chi connectivity index (χ1v) is 9.54. The highest BCUT2D eigenvalue weighted by Crippen LogP contribution is 2.38. The minimum Gasteiger partial charge on any atom is -0.496 e. The Bertz CT molecular complexity index is 771. The summed E-state index contributed by atoms with van der Waals surface area (Å²) in [5, 5.41) is 12.3. The van der Waals surface area contributed by atoms with Gasteiger partial charge in [0.05, 0.1) is 30.2 Å². The molecule has 0 aromatic heterocycles. The van der Waals surface area contributed by atoms with E-state index >= 15 is 0 Å². The number of aryl methyl sites for hydroxylation is 1. The molecular formula is C23H29N2O+. The van der Waals surface area contributed by atoms with E-state index in [0.29, 0.717) is 12.1 Å². The molecule has 0 bridgehead atoms. The molecule has 0 amide bonds. The van der Waals surface area contributed by atoms with Crippen molar-refractivity contribution in [2.75, 3.05) is 7.11 Å².